The summed E-state index contributed by atoms with van der Waals surface area (Å²) in [6, 6.07) is 5.29. The molecule has 0 spiro atoms. The van der Waals surface area contributed by atoms with Crippen molar-refractivity contribution < 1.29 is 4.74 Å². The van der Waals surface area contributed by atoms with Crippen LogP contribution in [-0.2, 0) is 0 Å². The van der Waals surface area contributed by atoms with Gasteiger partial charge in [0.05, 0.1) is 11.2 Å². The summed E-state index contributed by atoms with van der Waals surface area (Å²) in [5, 5.41) is 3.78. The van der Waals surface area contributed by atoms with Crippen molar-refractivity contribution in [3.8, 4) is 11.6 Å². The lowest BCUT2D eigenvalue weighted by Gasteiger charge is -2.09. The summed E-state index contributed by atoms with van der Waals surface area (Å²) in [7, 11) is 0. The van der Waals surface area contributed by atoms with Crippen molar-refractivity contribution in [2.75, 3.05) is 11.9 Å². The van der Waals surface area contributed by atoms with Gasteiger partial charge in [-0.05, 0) is 25.1 Å². The van der Waals surface area contributed by atoms with E-state index in [1.54, 1.807) is 12.1 Å². The summed E-state index contributed by atoms with van der Waals surface area (Å²) in [5.41, 5.74) is 0. The standard InChI is InChI=1S/C12H10BrCl2N3O/c1-2-16-12-17-6-9(15)11(18-12)19-10-5-7(13)3-4-8(10)14/h3-6H,2H2,1H3,(H,16,17,18). The minimum absolute atomic E-state index is 0.257. The van der Waals surface area contributed by atoms with Gasteiger partial charge in [0.25, 0.3) is 0 Å². The van der Waals surface area contributed by atoms with Gasteiger partial charge in [-0.3, -0.25) is 0 Å². The van der Waals surface area contributed by atoms with Crippen molar-refractivity contribution in [2.24, 2.45) is 0 Å². The molecule has 0 atom stereocenters. The second-order valence-electron chi connectivity index (χ2n) is 3.55. The molecule has 0 saturated carbocycles. The summed E-state index contributed by atoms with van der Waals surface area (Å²) in [5.74, 6) is 1.18. The first-order valence-corrected chi connectivity index (χ1v) is 7.04. The molecule has 0 aliphatic heterocycles. The average molecular weight is 363 g/mol. The third kappa shape index (κ3) is 3.72. The first kappa shape index (κ1) is 14.4. The van der Waals surface area contributed by atoms with E-state index in [-0.39, 0.29) is 5.88 Å². The lowest BCUT2D eigenvalue weighted by molar-refractivity contribution is 0.462. The van der Waals surface area contributed by atoms with Crippen molar-refractivity contribution in [1.29, 1.82) is 0 Å². The second-order valence-corrected chi connectivity index (χ2v) is 5.28. The maximum Gasteiger partial charge on any atom is 0.243 e. The second kappa shape index (κ2) is 6.41. The molecule has 1 aromatic heterocycles. The molecule has 0 saturated heterocycles. The number of halogens is 3. The number of hydrogen-bond donors (Lipinski definition) is 1. The van der Waals surface area contributed by atoms with Crippen LogP contribution < -0.4 is 10.1 Å². The Kier molecular flexibility index (Phi) is 4.85. The van der Waals surface area contributed by atoms with E-state index in [4.69, 9.17) is 27.9 Å². The monoisotopic (exact) mass is 361 g/mol. The Morgan fingerprint density at radius 2 is 2.11 bits per heavy atom. The molecular formula is C12H10BrCl2N3O. The summed E-state index contributed by atoms with van der Waals surface area (Å²) in [6.45, 7) is 2.66. The van der Waals surface area contributed by atoms with Gasteiger partial charge in [0.1, 0.15) is 10.8 Å². The highest BCUT2D eigenvalue weighted by Gasteiger charge is 2.10. The third-order valence-corrected chi connectivity index (χ3v) is 3.21. The van der Waals surface area contributed by atoms with E-state index in [2.05, 4.69) is 31.2 Å². The molecule has 19 heavy (non-hydrogen) atoms. The Labute approximate surface area is 129 Å². The molecule has 2 rings (SSSR count). The molecule has 0 unspecified atom stereocenters. The summed E-state index contributed by atoms with van der Waals surface area (Å²) < 4.78 is 6.47. The normalized spacial score (nSPS) is 10.3. The SMILES string of the molecule is CCNc1ncc(Cl)c(Oc2cc(Br)ccc2Cl)n1. The zero-order chi connectivity index (χ0) is 13.8. The van der Waals surface area contributed by atoms with E-state index < -0.39 is 0 Å². The van der Waals surface area contributed by atoms with Crippen molar-refractivity contribution in [1.82, 2.24) is 9.97 Å². The van der Waals surface area contributed by atoms with E-state index >= 15 is 0 Å². The number of rotatable bonds is 4. The number of nitrogens with zero attached hydrogens (tertiary/aromatic N) is 2. The number of benzene rings is 1. The van der Waals surface area contributed by atoms with E-state index in [1.165, 1.54) is 6.20 Å². The molecule has 0 radical (unpaired) electrons. The summed E-state index contributed by atoms with van der Waals surface area (Å²) >= 11 is 15.4. The number of ether oxygens (including phenoxy) is 1. The molecule has 1 heterocycles. The fraction of sp³-hybridized carbons (Fsp3) is 0.167. The van der Waals surface area contributed by atoms with Crippen LogP contribution in [0.15, 0.2) is 28.9 Å². The fourth-order valence-corrected chi connectivity index (χ4v) is 1.95. The summed E-state index contributed by atoms with van der Waals surface area (Å²) in [6.07, 6.45) is 1.48. The minimum atomic E-state index is 0.257. The molecule has 4 nitrogen and oxygen atoms in total. The van der Waals surface area contributed by atoms with Gasteiger partial charge in [-0.25, -0.2) is 4.98 Å². The smallest absolute Gasteiger partial charge is 0.243 e. The molecule has 0 bridgehead atoms. The van der Waals surface area contributed by atoms with Crippen LogP contribution >= 0.6 is 39.1 Å². The molecule has 1 N–H and O–H groups in total. The van der Waals surface area contributed by atoms with Crippen LogP contribution in [-0.4, -0.2) is 16.5 Å². The first-order valence-electron chi connectivity index (χ1n) is 5.49. The van der Waals surface area contributed by atoms with Gasteiger partial charge >= 0.3 is 0 Å². The summed E-state index contributed by atoms with van der Waals surface area (Å²) in [4.78, 5) is 8.21. The van der Waals surface area contributed by atoms with Gasteiger partial charge in [-0.1, -0.05) is 39.1 Å². The molecule has 0 fully saturated rings. The number of aromatic nitrogens is 2. The molecule has 1 aromatic carbocycles. The van der Waals surface area contributed by atoms with Crippen molar-refractivity contribution in [3.63, 3.8) is 0 Å². The zero-order valence-corrected chi connectivity index (χ0v) is 13.1. The highest BCUT2D eigenvalue weighted by molar-refractivity contribution is 9.10. The molecular weight excluding hydrogens is 353 g/mol. The van der Waals surface area contributed by atoms with Crippen LogP contribution in [0.4, 0.5) is 5.95 Å². The van der Waals surface area contributed by atoms with Crippen molar-refractivity contribution in [3.05, 3.63) is 38.9 Å². The fourth-order valence-electron chi connectivity index (χ4n) is 1.33. The zero-order valence-electron chi connectivity index (χ0n) is 9.95. The average Bonchev–Trinajstić information content (AvgIpc) is 2.38. The third-order valence-electron chi connectivity index (χ3n) is 2.15. The van der Waals surface area contributed by atoms with Crippen LogP contribution in [0.25, 0.3) is 0 Å². The topological polar surface area (TPSA) is 47.0 Å². The lowest BCUT2D eigenvalue weighted by atomic mass is 10.3. The minimum Gasteiger partial charge on any atom is -0.436 e. The Bertz CT molecular complexity index is 595. The van der Waals surface area contributed by atoms with Gasteiger partial charge in [0, 0.05) is 11.0 Å². The highest BCUT2D eigenvalue weighted by Crippen LogP contribution is 2.34. The van der Waals surface area contributed by atoms with Crippen LogP contribution in [0, 0.1) is 0 Å². The Hall–Kier alpha value is -1.04. The highest BCUT2D eigenvalue weighted by atomic mass is 79.9. The van der Waals surface area contributed by atoms with Gasteiger partial charge in [0.2, 0.25) is 11.8 Å². The van der Waals surface area contributed by atoms with Crippen LogP contribution in [0.5, 0.6) is 11.6 Å². The van der Waals surface area contributed by atoms with Gasteiger partial charge in [-0.15, -0.1) is 0 Å². The maximum absolute atomic E-state index is 6.05. The van der Waals surface area contributed by atoms with Crippen LogP contribution in [0.3, 0.4) is 0 Å². The number of nitrogens with one attached hydrogen (secondary N) is 1. The maximum atomic E-state index is 6.05. The van der Waals surface area contributed by atoms with Gasteiger partial charge in [0.15, 0.2) is 0 Å². The predicted octanol–water partition coefficient (Wildman–Crippen LogP) is 4.77. The van der Waals surface area contributed by atoms with Gasteiger partial charge in [-0.2, -0.15) is 4.98 Å². The molecule has 0 aliphatic rings. The molecule has 2 aromatic rings. The Balaban J connectivity index is 2.31. The largest absolute Gasteiger partial charge is 0.436 e. The molecule has 100 valence electrons. The predicted molar refractivity (Wildman–Crippen MR) is 80.4 cm³/mol. The molecule has 0 aliphatic carbocycles. The van der Waals surface area contributed by atoms with Crippen molar-refractivity contribution in [2.45, 2.75) is 6.92 Å². The van der Waals surface area contributed by atoms with E-state index in [1.807, 2.05) is 13.0 Å². The van der Waals surface area contributed by atoms with Crippen molar-refractivity contribution >= 4 is 45.1 Å². The Morgan fingerprint density at radius 3 is 2.84 bits per heavy atom. The lowest BCUT2D eigenvalue weighted by Crippen LogP contribution is -2.03. The number of hydrogen-bond acceptors (Lipinski definition) is 4. The Morgan fingerprint density at radius 1 is 1.32 bits per heavy atom. The van der Waals surface area contributed by atoms with E-state index in [0.717, 1.165) is 4.47 Å². The first-order chi connectivity index (χ1) is 9.10. The van der Waals surface area contributed by atoms with E-state index in [9.17, 15) is 0 Å². The van der Waals surface area contributed by atoms with Crippen LogP contribution in [0.2, 0.25) is 10.0 Å². The molecule has 7 heteroatoms. The molecule has 0 amide bonds. The van der Waals surface area contributed by atoms with E-state index in [0.29, 0.717) is 28.3 Å². The number of anilines is 1. The van der Waals surface area contributed by atoms with Crippen LogP contribution in [0.1, 0.15) is 6.92 Å². The quantitative estimate of drug-likeness (QED) is 0.850. The van der Waals surface area contributed by atoms with Gasteiger partial charge < -0.3 is 10.1 Å².